The first-order valence-electron chi connectivity index (χ1n) is 6.77. The topological polar surface area (TPSA) is 44.1 Å². The molecule has 0 aliphatic rings. The van der Waals surface area contributed by atoms with Gasteiger partial charge in [0.2, 0.25) is 0 Å². The maximum Gasteiger partial charge on any atom is 0.310 e. The molecule has 0 aliphatic heterocycles. The van der Waals surface area contributed by atoms with Gasteiger partial charge in [-0.15, -0.1) is 0 Å². The number of imidazole rings is 1. The van der Waals surface area contributed by atoms with Gasteiger partial charge in [-0.05, 0) is 19.4 Å². The molecule has 0 radical (unpaired) electrons. The van der Waals surface area contributed by atoms with Crippen molar-refractivity contribution in [2.24, 2.45) is 5.92 Å². The Hall–Kier alpha value is -2.10. The highest BCUT2D eigenvalue weighted by atomic mass is 16.5. The highest BCUT2D eigenvalue weighted by Gasteiger charge is 2.16. The lowest BCUT2D eigenvalue weighted by Gasteiger charge is -2.13. The fourth-order valence-electron chi connectivity index (χ4n) is 1.97. The minimum Gasteiger partial charge on any atom is -0.461 e. The Balaban J connectivity index is 1.88. The summed E-state index contributed by atoms with van der Waals surface area (Å²) in [4.78, 5) is 16.2. The van der Waals surface area contributed by atoms with Crippen LogP contribution in [-0.4, -0.2) is 15.5 Å². The third kappa shape index (κ3) is 3.47. The fraction of sp³-hybridized carbons (Fsp3) is 0.375. The number of aryl methyl sites for hydroxylation is 1. The summed E-state index contributed by atoms with van der Waals surface area (Å²) in [5, 5.41) is 0. The van der Waals surface area contributed by atoms with Crippen LogP contribution in [0.1, 0.15) is 23.9 Å². The van der Waals surface area contributed by atoms with Gasteiger partial charge in [0.25, 0.3) is 0 Å². The molecular formula is C16H20N2O2. The number of rotatable bonds is 5. The molecular weight excluding hydrogens is 252 g/mol. The molecule has 0 aliphatic carbocycles. The number of benzene rings is 1. The predicted molar refractivity (Wildman–Crippen MR) is 77.1 cm³/mol. The summed E-state index contributed by atoms with van der Waals surface area (Å²) in [5.74, 6) is -0.370. The van der Waals surface area contributed by atoms with Crippen molar-refractivity contribution >= 4 is 5.97 Å². The van der Waals surface area contributed by atoms with Crippen molar-refractivity contribution < 1.29 is 9.53 Å². The summed E-state index contributed by atoms with van der Waals surface area (Å²) in [6.45, 7) is 6.77. The van der Waals surface area contributed by atoms with Crippen LogP contribution in [0.4, 0.5) is 0 Å². The first-order valence-corrected chi connectivity index (χ1v) is 6.77. The van der Waals surface area contributed by atoms with Crippen LogP contribution in [0.2, 0.25) is 0 Å². The van der Waals surface area contributed by atoms with E-state index in [9.17, 15) is 4.79 Å². The maximum atomic E-state index is 12.0. The smallest absolute Gasteiger partial charge is 0.310 e. The van der Waals surface area contributed by atoms with E-state index in [1.54, 1.807) is 6.33 Å². The van der Waals surface area contributed by atoms with Crippen molar-refractivity contribution in [3.8, 4) is 0 Å². The molecule has 4 heteroatoms. The Morgan fingerprint density at radius 2 is 2.00 bits per heavy atom. The fourth-order valence-corrected chi connectivity index (χ4v) is 1.97. The molecule has 20 heavy (non-hydrogen) atoms. The number of hydrogen-bond acceptors (Lipinski definition) is 3. The highest BCUT2D eigenvalue weighted by molar-refractivity contribution is 5.71. The number of carbonyl (C=O) groups is 1. The van der Waals surface area contributed by atoms with Gasteiger partial charge < -0.3 is 9.30 Å². The van der Waals surface area contributed by atoms with Crippen LogP contribution in [0.5, 0.6) is 0 Å². The van der Waals surface area contributed by atoms with Crippen molar-refractivity contribution in [3.63, 3.8) is 0 Å². The van der Waals surface area contributed by atoms with Gasteiger partial charge in [0, 0.05) is 12.2 Å². The van der Waals surface area contributed by atoms with Gasteiger partial charge in [0.1, 0.15) is 6.61 Å². The molecule has 4 nitrogen and oxygen atoms in total. The van der Waals surface area contributed by atoms with E-state index in [1.807, 2.05) is 55.7 Å². The monoisotopic (exact) mass is 272 g/mol. The van der Waals surface area contributed by atoms with Gasteiger partial charge >= 0.3 is 5.97 Å². The number of esters is 1. The highest BCUT2D eigenvalue weighted by Crippen LogP contribution is 2.10. The van der Waals surface area contributed by atoms with Crippen LogP contribution in [0.25, 0.3) is 0 Å². The average Bonchev–Trinajstić information content (AvgIpc) is 2.78. The van der Waals surface area contributed by atoms with Gasteiger partial charge in [0.15, 0.2) is 0 Å². The quantitative estimate of drug-likeness (QED) is 0.786. The van der Waals surface area contributed by atoms with E-state index >= 15 is 0 Å². The second-order valence-electron chi connectivity index (χ2n) is 5.06. The largest absolute Gasteiger partial charge is 0.461 e. The van der Waals surface area contributed by atoms with Crippen LogP contribution in [0.15, 0.2) is 36.7 Å². The van der Waals surface area contributed by atoms with Crippen molar-refractivity contribution in [1.29, 1.82) is 0 Å². The van der Waals surface area contributed by atoms with E-state index in [2.05, 4.69) is 4.98 Å². The Kier molecular flexibility index (Phi) is 4.56. The molecule has 2 rings (SSSR count). The number of ether oxygens (including phenoxy) is 1. The summed E-state index contributed by atoms with van der Waals surface area (Å²) in [6, 6.07) is 9.70. The molecule has 1 heterocycles. The number of carbonyl (C=O) groups excluding carboxylic acids is 1. The van der Waals surface area contributed by atoms with Crippen molar-refractivity contribution in [1.82, 2.24) is 9.55 Å². The normalized spacial score (nSPS) is 12.2. The maximum absolute atomic E-state index is 12.0. The second kappa shape index (κ2) is 6.37. The third-order valence-electron chi connectivity index (χ3n) is 3.44. The molecule has 2 aromatic rings. The molecule has 1 atom stereocenters. The zero-order valence-electron chi connectivity index (χ0n) is 12.2. The SMILES string of the molecule is Cc1ncn(CC(C)C(=O)OCc2ccccc2)c1C. The molecule has 0 N–H and O–H groups in total. The van der Waals surface area contributed by atoms with Gasteiger partial charge in [-0.25, -0.2) is 4.98 Å². The molecule has 106 valence electrons. The molecule has 0 saturated heterocycles. The van der Waals surface area contributed by atoms with Crippen LogP contribution in [-0.2, 0) is 22.7 Å². The summed E-state index contributed by atoms with van der Waals surface area (Å²) >= 11 is 0. The van der Waals surface area contributed by atoms with E-state index in [0.717, 1.165) is 17.0 Å². The van der Waals surface area contributed by atoms with Crippen molar-refractivity contribution in [3.05, 3.63) is 53.6 Å². The Bertz CT molecular complexity index is 575. The summed E-state index contributed by atoms with van der Waals surface area (Å²) in [5.41, 5.74) is 3.09. The van der Waals surface area contributed by atoms with E-state index in [1.165, 1.54) is 0 Å². The van der Waals surface area contributed by atoms with Gasteiger partial charge in [-0.3, -0.25) is 4.79 Å². The minimum absolute atomic E-state index is 0.181. The van der Waals surface area contributed by atoms with Crippen LogP contribution in [0, 0.1) is 19.8 Å². The van der Waals surface area contributed by atoms with Crippen LogP contribution in [0.3, 0.4) is 0 Å². The molecule has 0 amide bonds. The van der Waals surface area contributed by atoms with Crippen molar-refractivity contribution in [2.45, 2.75) is 33.9 Å². The van der Waals surface area contributed by atoms with Gasteiger partial charge in [-0.1, -0.05) is 37.3 Å². The van der Waals surface area contributed by atoms with E-state index in [0.29, 0.717) is 13.2 Å². The average molecular weight is 272 g/mol. The first kappa shape index (κ1) is 14.3. The Labute approximate surface area is 119 Å². The van der Waals surface area contributed by atoms with Gasteiger partial charge in [-0.2, -0.15) is 0 Å². The lowest BCUT2D eigenvalue weighted by atomic mass is 10.2. The molecule has 1 aromatic heterocycles. The van der Waals surface area contributed by atoms with Crippen LogP contribution < -0.4 is 0 Å². The molecule has 0 bridgehead atoms. The first-order chi connectivity index (χ1) is 9.58. The summed E-state index contributed by atoms with van der Waals surface area (Å²) in [6.07, 6.45) is 1.77. The Morgan fingerprint density at radius 1 is 1.30 bits per heavy atom. The van der Waals surface area contributed by atoms with Crippen LogP contribution >= 0.6 is 0 Å². The van der Waals surface area contributed by atoms with Crippen molar-refractivity contribution in [2.75, 3.05) is 0 Å². The van der Waals surface area contributed by atoms with Gasteiger partial charge in [0.05, 0.1) is 17.9 Å². The number of hydrogen-bond donors (Lipinski definition) is 0. The minimum atomic E-state index is -0.189. The molecule has 0 saturated carbocycles. The van der Waals surface area contributed by atoms with E-state index in [4.69, 9.17) is 4.74 Å². The zero-order valence-corrected chi connectivity index (χ0v) is 12.2. The number of aromatic nitrogens is 2. The van der Waals surface area contributed by atoms with E-state index in [-0.39, 0.29) is 11.9 Å². The van der Waals surface area contributed by atoms with E-state index < -0.39 is 0 Å². The third-order valence-corrected chi connectivity index (χ3v) is 3.44. The Morgan fingerprint density at radius 3 is 2.60 bits per heavy atom. The lowest BCUT2D eigenvalue weighted by molar-refractivity contribution is -0.149. The second-order valence-corrected chi connectivity index (χ2v) is 5.06. The standard InChI is InChI=1S/C16H20N2O2/c1-12(9-18-11-17-13(2)14(18)3)16(19)20-10-15-7-5-4-6-8-15/h4-8,11-12H,9-10H2,1-3H3. The molecule has 0 spiro atoms. The summed E-state index contributed by atoms with van der Waals surface area (Å²) in [7, 11) is 0. The molecule has 0 fully saturated rings. The summed E-state index contributed by atoms with van der Waals surface area (Å²) < 4.78 is 7.33. The number of nitrogens with zero attached hydrogens (tertiary/aromatic N) is 2. The molecule has 1 unspecified atom stereocenters. The zero-order chi connectivity index (χ0) is 14.5. The lowest BCUT2D eigenvalue weighted by Crippen LogP contribution is -2.20. The predicted octanol–water partition coefficient (Wildman–Crippen LogP) is 2.88. The molecule has 1 aromatic carbocycles.